The molecule has 20 heavy (non-hydrogen) atoms. The Morgan fingerprint density at radius 3 is 2.40 bits per heavy atom. The molecule has 7 nitrogen and oxygen atoms in total. The molecular weight excluding hydrogens is 284 g/mol. The summed E-state index contributed by atoms with van der Waals surface area (Å²) in [6.45, 7) is 6.61. The number of carbonyl (C=O) groups is 1. The van der Waals surface area contributed by atoms with Gasteiger partial charge in [0.25, 0.3) is 10.2 Å². The van der Waals surface area contributed by atoms with Crippen molar-refractivity contribution in [1.82, 2.24) is 9.03 Å². The van der Waals surface area contributed by atoms with E-state index in [1.807, 2.05) is 20.8 Å². The number of nitrogens with one attached hydrogen (secondary N) is 1. The SMILES string of the molecule is CCOCC(NS(=O)(=O)N(C)CCC(=O)OC)C(C)C. The maximum atomic E-state index is 12.1. The van der Waals surface area contributed by atoms with Crippen LogP contribution in [0.15, 0.2) is 0 Å². The lowest BCUT2D eigenvalue weighted by molar-refractivity contribution is -0.140. The van der Waals surface area contributed by atoms with E-state index in [2.05, 4.69) is 9.46 Å². The number of ether oxygens (including phenoxy) is 2. The summed E-state index contributed by atoms with van der Waals surface area (Å²) in [6, 6.07) is -0.305. The topological polar surface area (TPSA) is 84.9 Å². The Bertz CT molecular complexity index is 383. The van der Waals surface area contributed by atoms with E-state index in [0.717, 1.165) is 4.31 Å². The van der Waals surface area contributed by atoms with E-state index in [4.69, 9.17) is 4.74 Å². The lowest BCUT2D eigenvalue weighted by Crippen LogP contribution is -2.48. The molecule has 0 rings (SSSR count). The Hall–Kier alpha value is -0.700. The highest BCUT2D eigenvalue weighted by molar-refractivity contribution is 7.87. The van der Waals surface area contributed by atoms with E-state index < -0.39 is 16.2 Å². The molecule has 0 aromatic carbocycles. The third-order valence-electron chi connectivity index (χ3n) is 2.88. The minimum Gasteiger partial charge on any atom is -0.469 e. The predicted octanol–water partition coefficient (Wildman–Crippen LogP) is 0.377. The third kappa shape index (κ3) is 7.18. The Balaban J connectivity index is 4.55. The van der Waals surface area contributed by atoms with Gasteiger partial charge in [-0.3, -0.25) is 4.79 Å². The van der Waals surface area contributed by atoms with Crippen molar-refractivity contribution in [1.29, 1.82) is 0 Å². The van der Waals surface area contributed by atoms with E-state index >= 15 is 0 Å². The van der Waals surface area contributed by atoms with Crippen molar-refractivity contribution in [2.24, 2.45) is 5.92 Å². The number of carbonyl (C=O) groups excluding carboxylic acids is 1. The van der Waals surface area contributed by atoms with Crippen molar-refractivity contribution < 1.29 is 22.7 Å². The Labute approximate surface area is 121 Å². The first kappa shape index (κ1) is 19.3. The second kappa shape index (κ2) is 9.28. The number of rotatable bonds is 10. The van der Waals surface area contributed by atoms with Gasteiger partial charge in [0.1, 0.15) is 0 Å². The lowest BCUT2D eigenvalue weighted by atomic mass is 10.1. The summed E-state index contributed by atoms with van der Waals surface area (Å²) in [6.07, 6.45) is 0.0196. The predicted molar refractivity (Wildman–Crippen MR) is 76.4 cm³/mol. The molecule has 120 valence electrons. The molecule has 0 aromatic rings. The zero-order valence-electron chi connectivity index (χ0n) is 12.9. The number of methoxy groups -OCH3 is 1. The highest BCUT2D eigenvalue weighted by Crippen LogP contribution is 2.06. The van der Waals surface area contributed by atoms with Gasteiger partial charge in [0, 0.05) is 26.2 Å². The van der Waals surface area contributed by atoms with E-state index in [1.54, 1.807) is 0 Å². The van der Waals surface area contributed by atoms with Crippen LogP contribution in [0.2, 0.25) is 0 Å². The average Bonchev–Trinajstić information content (AvgIpc) is 2.39. The van der Waals surface area contributed by atoms with Crippen molar-refractivity contribution >= 4 is 16.2 Å². The first-order chi connectivity index (χ1) is 9.24. The molecule has 0 heterocycles. The summed E-state index contributed by atoms with van der Waals surface area (Å²) < 4.78 is 37.7. The molecule has 1 unspecified atom stereocenters. The lowest BCUT2D eigenvalue weighted by Gasteiger charge is -2.25. The van der Waals surface area contributed by atoms with Crippen LogP contribution in [0.5, 0.6) is 0 Å². The second-order valence-corrected chi connectivity index (χ2v) is 6.59. The van der Waals surface area contributed by atoms with Gasteiger partial charge in [-0.05, 0) is 12.8 Å². The van der Waals surface area contributed by atoms with Crippen LogP contribution >= 0.6 is 0 Å². The van der Waals surface area contributed by atoms with Crippen molar-refractivity contribution in [2.45, 2.75) is 33.2 Å². The van der Waals surface area contributed by atoms with Gasteiger partial charge < -0.3 is 9.47 Å². The number of nitrogens with zero attached hydrogens (tertiary/aromatic N) is 1. The fraction of sp³-hybridized carbons (Fsp3) is 0.917. The summed E-state index contributed by atoms with van der Waals surface area (Å²) >= 11 is 0. The van der Waals surface area contributed by atoms with E-state index in [-0.39, 0.29) is 24.9 Å². The normalized spacial score (nSPS) is 13.8. The van der Waals surface area contributed by atoms with Crippen LogP contribution in [0.25, 0.3) is 0 Å². The molecule has 1 N–H and O–H groups in total. The number of hydrogen-bond acceptors (Lipinski definition) is 5. The summed E-state index contributed by atoms with van der Waals surface area (Å²) in [5, 5.41) is 0. The van der Waals surface area contributed by atoms with Gasteiger partial charge in [-0.25, -0.2) is 0 Å². The largest absolute Gasteiger partial charge is 0.469 e. The molecule has 0 saturated carbocycles. The van der Waals surface area contributed by atoms with Gasteiger partial charge in [0.15, 0.2) is 0 Å². The Morgan fingerprint density at radius 2 is 1.95 bits per heavy atom. The van der Waals surface area contributed by atoms with Crippen LogP contribution in [0.1, 0.15) is 27.2 Å². The standard InChI is InChI=1S/C12H26N2O5S/c1-6-19-9-11(10(2)3)13-20(16,17)14(4)8-7-12(15)18-5/h10-11,13H,6-9H2,1-5H3. The quantitative estimate of drug-likeness (QED) is 0.590. The molecule has 0 amide bonds. The van der Waals surface area contributed by atoms with E-state index in [9.17, 15) is 13.2 Å². The third-order valence-corrected chi connectivity index (χ3v) is 4.48. The minimum absolute atomic E-state index is 0.0196. The van der Waals surface area contributed by atoms with Crippen molar-refractivity contribution in [3.05, 3.63) is 0 Å². The molecule has 0 fully saturated rings. The maximum Gasteiger partial charge on any atom is 0.306 e. The molecular formula is C12H26N2O5S. The molecule has 0 aromatic heterocycles. The number of esters is 1. The summed E-state index contributed by atoms with van der Waals surface area (Å²) in [5.41, 5.74) is 0. The average molecular weight is 310 g/mol. The maximum absolute atomic E-state index is 12.1. The second-order valence-electron chi connectivity index (χ2n) is 4.78. The van der Waals surface area contributed by atoms with Gasteiger partial charge >= 0.3 is 5.97 Å². The molecule has 0 saturated heterocycles. The van der Waals surface area contributed by atoms with Crippen molar-refractivity contribution in [2.75, 3.05) is 33.9 Å². The Morgan fingerprint density at radius 1 is 1.35 bits per heavy atom. The summed E-state index contributed by atoms with van der Waals surface area (Å²) in [4.78, 5) is 11.0. The van der Waals surface area contributed by atoms with Crippen LogP contribution < -0.4 is 4.72 Å². The zero-order chi connectivity index (χ0) is 15.8. The van der Waals surface area contributed by atoms with Crippen LogP contribution in [-0.2, 0) is 24.5 Å². The monoisotopic (exact) mass is 310 g/mol. The smallest absolute Gasteiger partial charge is 0.306 e. The van der Waals surface area contributed by atoms with Crippen LogP contribution in [0, 0.1) is 5.92 Å². The van der Waals surface area contributed by atoms with Crippen LogP contribution in [-0.4, -0.2) is 58.7 Å². The fourth-order valence-corrected chi connectivity index (χ4v) is 2.59. The van der Waals surface area contributed by atoms with Crippen molar-refractivity contribution in [3.8, 4) is 0 Å². The van der Waals surface area contributed by atoms with E-state index in [1.165, 1.54) is 14.2 Å². The molecule has 0 aliphatic carbocycles. The van der Waals surface area contributed by atoms with Crippen molar-refractivity contribution in [3.63, 3.8) is 0 Å². The molecule has 0 bridgehead atoms. The Kier molecular flexibility index (Phi) is 8.95. The van der Waals surface area contributed by atoms with Crippen LogP contribution in [0.3, 0.4) is 0 Å². The fourth-order valence-electron chi connectivity index (χ4n) is 1.36. The minimum atomic E-state index is -3.64. The zero-order valence-corrected chi connectivity index (χ0v) is 13.7. The molecule has 0 aliphatic rings. The summed E-state index contributed by atoms with van der Waals surface area (Å²) in [5.74, 6) is -0.341. The molecule has 1 atom stereocenters. The first-order valence-electron chi connectivity index (χ1n) is 6.62. The summed E-state index contributed by atoms with van der Waals surface area (Å²) in [7, 11) is -0.953. The van der Waals surface area contributed by atoms with E-state index in [0.29, 0.717) is 13.2 Å². The highest BCUT2D eigenvalue weighted by atomic mass is 32.2. The highest BCUT2D eigenvalue weighted by Gasteiger charge is 2.24. The first-order valence-corrected chi connectivity index (χ1v) is 8.06. The van der Waals surface area contributed by atoms with Gasteiger partial charge in [0.05, 0.1) is 20.1 Å². The van der Waals surface area contributed by atoms with Gasteiger partial charge in [-0.2, -0.15) is 17.4 Å². The molecule has 0 spiro atoms. The number of hydrogen-bond donors (Lipinski definition) is 1. The molecule has 0 radical (unpaired) electrons. The molecule has 0 aliphatic heterocycles. The van der Waals surface area contributed by atoms with Gasteiger partial charge in [0.2, 0.25) is 0 Å². The van der Waals surface area contributed by atoms with Crippen LogP contribution in [0.4, 0.5) is 0 Å². The van der Waals surface area contributed by atoms with Gasteiger partial charge in [-0.15, -0.1) is 0 Å². The van der Waals surface area contributed by atoms with Gasteiger partial charge in [-0.1, -0.05) is 13.8 Å². The molecule has 8 heteroatoms.